The molecule has 0 radical (unpaired) electrons. The SMILES string of the molecule is CSc1ccc([C@H](C)NC(=O)Cc2ccccc2F)cc1. The summed E-state index contributed by atoms with van der Waals surface area (Å²) in [5.74, 6) is -0.522. The quantitative estimate of drug-likeness (QED) is 0.847. The molecular formula is C17H18FNOS. The number of nitrogens with one attached hydrogen (secondary N) is 1. The Kier molecular flexibility index (Phi) is 5.39. The summed E-state index contributed by atoms with van der Waals surface area (Å²) in [7, 11) is 0. The molecule has 2 rings (SSSR count). The van der Waals surface area contributed by atoms with Gasteiger partial charge in [0.15, 0.2) is 0 Å². The maximum absolute atomic E-state index is 13.5. The van der Waals surface area contributed by atoms with Gasteiger partial charge in [0.2, 0.25) is 5.91 Å². The van der Waals surface area contributed by atoms with Crippen LogP contribution in [0.4, 0.5) is 4.39 Å². The highest BCUT2D eigenvalue weighted by molar-refractivity contribution is 7.98. The van der Waals surface area contributed by atoms with Crippen LogP contribution in [-0.2, 0) is 11.2 Å². The molecular weight excluding hydrogens is 285 g/mol. The molecule has 0 spiro atoms. The zero-order valence-corrected chi connectivity index (χ0v) is 12.9. The first kappa shape index (κ1) is 15.6. The van der Waals surface area contributed by atoms with Crippen molar-refractivity contribution in [2.75, 3.05) is 6.26 Å². The number of amides is 1. The van der Waals surface area contributed by atoms with Gasteiger partial charge in [-0.3, -0.25) is 4.79 Å². The third kappa shape index (κ3) is 4.33. The van der Waals surface area contributed by atoms with Crippen LogP contribution < -0.4 is 5.32 Å². The summed E-state index contributed by atoms with van der Waals surface area (Å²) in [6.07, 6.45) is 2.08. The van der Waals surface area contributed by atoms with Crippen LogP contribution in [0, 0.1) is 5.82 Å². The third-order valence-corrected chi connectivity index (χ3v) is 4.05. The fourth-order valence-corrected chi connectivity index (χ4v) is 2.49. The second-order valence-corrected chi connectivity index (χ2v) is 5.71. The molecule has 0 aliphatic carbocycles. The molecule has 2 aromatic carbocycles. The first-order chi connectivity index (χ1) is 10.1. The molecule has 2 aromatic rings. The van der Waals surface area contributed by atoms with Crippen molar-refractivity contribution in [3.8, 4) is 0 Å². The van der Waals surface area contributed by atoms with E-state index in [2.05, 4.69) is 5.32 Å². The molecule has 0 aromatic heterocycles. The van der Waals surface area contributed by atoms with E-state index in [0.717, 1.165) is 5.56 Å². The maximum Gasteiger partial charge on any atom is 0.225 e. The van der Waals surface area contributed by atoms with Crippen molar-refractivity contribution < 1.29 is 9.18 Å². The molecule has 1 N–H and O–H groups in total. The molecule has 0 unspecified atom stereocenters. The molecule has 0 aliphatic heterocycles. The predicted octanol–water partition coefficient (Wildman–Crippen LogP) is 3.97. The monoisotopic (exact) mass is 303 g/mol. The summed E-state index contributed by atoms with van der Waals surface area (Å²) < 4.78 is 13.5. The Balaban J connectivity index is 1.97. The lowest BCUT2D eigenvalue weighted by molar-refractivity contribution is -0.121. The van der Waals surface area contributed by atoms with Crippen LogP contribution >= 0.6 is 11.8 Å². The Morgan fingerprint density at radius 1 is 1.19 bits per heavy atom. The lowest BCUT2D eigenvalue weighted by Crippen LogP contribution is -2.28. The van der Waals surface area contributed by atoms with Crippen molar-refractivity contribution in [1.82, 2.24) is 5.32 Å². The molecule has 1 atom stereocenters. The summed E-state index contributed by atoms with van der Waals surface area (Å²) in [5.41, 5.74) is 1.45. The third-order valence-electron chi connectivity index (χ3n) is 3.30. The van der Waals surface area contributed by atoms with Gasteiger partial charge in [-0.05, 0) is 42.5 Å². The van der Waals surface area contributed by atoms with Gasteiger partial charge in [-0.2, -0.15) is 0 Å². The van der Waals surface area contributed by atoms with E-state index in [9.17, 15) is 9.18 Å². The minimum Gasteiger partial charge on any atom is -0.349 e. The van der Waals surface area contributed by atoms with Gasteiger partial charge in [-0.15, -0.1) is 11.8 Å². The van der Waals surface area contributed by atoms with Gasteiger partial charge < -0.3 is 5.32 Å². The minimum absolute atomic E-state index is 0.0555. The molecule has 0 aliphatic rings. The number of rotatable bonds is 5. The summed E-state index contributed by atoms with van der Waals surface area (Å²) in [5, 5.41) is 2.90. The highest BCUT2D eigenvalue weighted by Gasteiger charge is 2.12. The van der Waals surface area contributed by atoms with Gasteiger partial charge in [0, 0.05) is 4.90 Å². The highest BCUT2D eigenvalue weighted by atomic mass is 32.2. The number of thioether (sulfide) groups is 1. The van der Waals surface area contributed by atoms with E-state index in [4.69, 9.17) is 0 Å². The van der Waals surface area contributed by atoms with Crippen molar-refractivity contribution in [2.45, 2.75) is 24.3 Å². The Morgan fingerprint density at radius 3 is 2.48 bits per heavy atom. The molecule has 0 saturated carbocycles. The molecule has 1 amide bonds. The first-order valence-electron chi connectivity index (χ1n) is 6.77. The largest absolute Gasteiger partial charge is 0.349 e. The second-order valence-electron chi connectivity index (χ2n) is 4.83. The van der Waals surface area contributed by atoms with Crippen LogP contribution in [0.3, 0.4) is 0 Å². The Bertz CT molecular complexity index is 612. The summed E-state index contributed by atoms with van der Waals surface area (Å²) in [6, 6.07) is 14.3. The summed E-state index contributed by atoms with van der Waals surface area (Å²) in [6.45, 7) is 1.92. The summed E-state index contributed by atoms with van der Waals surface area (Å²) in [4.78, 5) is 13.2. The van der Waals surface area contributed by atoms with Crippen LogP contribution in [0.25, 0.3) is 0 Å². The van der Waals surface area contributed by atoms with Crippen molar-refractivity contribution in [2.24, 2.45) is 0 Å². The predicted molar refractivity (Wildman–Crippen MR) is 84.9 cm³/mol. The highest BCUT2D eigenvalue weighted by Crippen LogP contribution is 2.19. The second kappa shape index (κ2) is 7.27. The van der Waals surface area contributed by atoms with Crippen LogP contribution in [-0.4, -0.2) is 12.2 Å². The van der Waals surface area contributed by atoms with Gasteiger partial charge in [-0.25, -0.2) is 4.39 Å². The van der Waals surface area contributed by atoms with Gasteiger partial charge >= 0.3 is 0 Å². The van der Waals surface area contributed by atoms with Gasteiger partial charge in [0.05, 0.1) is 12.5 Å². The number of hydrogen-bond donors (Lipinski definition) is 1. The van der Waals surface area contributed by atoms with E-state index in [0.29, 0.717) is 5.56 Å². The normalized spacial score (nSPS) is 12.0. The number of carbonyl (C=O) groups is 1. The fraction of sp³-hybridized carbons (Fsp3) is 0.235. The average molecular weight is 303 g/mol. The van der Waals surface area contributed by atoms with Crippen LogP contribution in [0.5, 0.6) is 0 Å². The topological polar surface area (TPSA) is 29.1 Å². The number of carbonyl (C=O) groups excluding carboxylic acids is 1. The van der Waals surface area contributed by atoms with Gasteiger partial charge in [0.25, 0.3) is 0 Å². The fourth-order valence-electron chi connectivity index (χ4n) is 2.08. The molecule has 4 heteroatoms. The molecule has 21 heavy (non-hydrogen) atoms. The van der Waals surface area contributed by atoms with E-state index in [1.165, 1.54) is 11.0 Å². The van der Waals surface area contributed by atoms with Crippen LogP contribution in [0.15, 0.2) is 53.4 Å². The smallest absolute Gasteiger partial charge is 0.225 e. The van der Waals surface area contributed by atoms with Crippen LogP contribution in [0.2, 0.25) is 0 Å². The average Bonchev–Trinajstić information content (AvgIpc) is 2.49. The van der Waals surface area contributed by atoms with E-state index in [1.54, 1.807) is 30.0 Å². The number of benzene rings is 2. The molecule has 0 bridgehead atoms. The minimum atomic E-state index is -0.343. The molecule has 2 nitrogen and oxygen atoms in total. The number of halogens is 1. The van der Waals surface area contributed by atoms with Crippen molar-refractivity contribution in [3.05, 3.63) is 65.5 Å². The zero-order valence-electron chi connectivity index (χ0n) is 12.1. The Hall–Kier alpha value is -1.81. The standard InChI is InChI=1S/C17H18FNOS/c1-12(13-7-9-15(21-2)10-8-13)19-17(20)11-14-5-3-4-6-16(14)18/h3-10,12H,11H2,1-2H3,(H,19,20)/t12-/m0/s1. The van der Waals surface area contributed by atoms with Gasteiger partial charge in [0.1, 0.15) is 5.82 Å². The van der Waals surface area contributed by atoms with Gasteiger partial charge in [-0.1, -0.05) is 30.3 Å². The van der Waals surface area contributed by atoms with E-state index in [1.807, 2.05) is 37.4 Å². The molecule has 0 saturated heterocycles. The Morgan fingerprint density at radius 2 is 1.86 bits per heavy atom. The lowest BCUT2D eigenvalue weighted by Gasteiger charge is -2.15. The zero-order chi connectivity index (χ0) is 15.2. The molecule has 0 heterocycles. The lowest BCUT2D eigenvalue weighted by atomic mass is 10.1. The molecule has 0 fully saturated rings. The van der Waals surface area contributed by atoms with Crippen LogP contribution in [0.1, 0.15) is 24.1 Å². The van der Waals surface area contributed by atoms with E-state index < -0.39 is 0 Å². The van der Waals surface area contributed by atoms with E-state index in [-0.39, 0.29) is 24.2 Å². The Labute approximate surface area is 128 Å². The van der Waals surface area contributed by atoms with Crippen molar-refractivity contribution in [1.29, 1.82) is 0 Å². The van der Waals surface area contributed by atoms with Crippen molar-refractivity contribution in [3.63, 3.8) is 0 Å². The molecule has 110 valence electrons. The van der Waals surface area contributed by atoms with Crippen molar-refractivity contribution >= 4 is 17.7 Å². The number of hydrogen-bond acceptors (Lipinski definition) is 2. The maximum atomic E-state index is 13.5. The summed E-state index contributed by atoms with van der Waals surface area (Å²) >= 11 is 1.68. The first-order valence-corrected chi connectivity index (χ1v) is 7.99. The van der Waals surface area contributed by atoms with E-state index >= 15 is 0 Å².